The third-order valence-corrected chi connectivity index (χ3v) is 8.84. The monoisotopic (exact) mass is 705 g/mol. The predicted octanol–water partition coefficient (Wildman–Crippen LogP) is 3.48. The molecule has 3 aromatic carbocycles. The summed E-state index contributed by atoms with van der Waals surface area (Å²) in [7, 11) is 1.64. The van der Waals surface area contributed by atoms with Crippen molar-refractivity contribution in [2.45, 2.75) is 13.2 Å². The molecule has 1 atom stereocenters. The maximum absolute atomic E-state index is 13.2. The van der Waals surface area contributed by atoms with E-state index < -0.39 is 6.23 Å². The molecule has 14 nitrogen and oxygen atoms in total. The van der Waals surface area contributed by atoms with Gasteiger partial charge in [-0.15, -0.1) is 5.10 Å². The molecule has 2 aliphatic rings. The van der Waals surface area contributed by atoms with E-state index in [4.69, 9.17) is 33.2 Å². The molecule has 1 N–H and O–H groups in total. The van der Waals surface area contributed by atoms with Crippen LogP contribution in [0.3, 0.4) is 0 Å². The molecule has 0 spiro atoms. The highest BCUT2D eigenvalue weighted by atomic mass is 16.6. The van der Waals surface area contributed by atoms with Gasteiger partial charge in [0.1, 0.15) is 18.1 Å². The average Bonchev–Trinajstić information content (AvgIpc) is 3.64. The number of amides is 1. The Morgan fingerprint density at radius 3 is 2.12 bits per heavy atom. The Hall–Kier alpha value is -4.15. The molecule has 274 valence electrons. The second-order valence-corrected chi connectivity index (χ2v) is 12.0. The lowest BCUT2D eigenvalue weighted by atomic mass is 9.92. The summed E-state index contributed by atoms with van der Waals surface area (Å²) in [6, 6.07) is 15.3. The highest BCUT2D eigenvalue weighted by Gasteiger charge is 2.32. The molecule has 0 bridgehead atoms. The van der Waals surface area contributed by atoms with E-state index in [1.165, 1.54) is 4.90 Å². The average molecular weight is 706 g/mol. The lowest BCUT2D eigenvalue weighted by Gasteiger charge is -2.33. The fourth-order valence-electron chi connectivity index (χ4n) is 6.25. The number of hydrogen-bond acceptors (Lipinski definition) is 12. The summed E-state index contributed by atoms with van der Waals surface area (Å²) >= 11 is 0. The van der Waals surface area contributed by atoms with Crippen LogP contribution in [0, 0.1) is 0 Å². The summed E-state index contributed by atoms with van der Waals surface area (Å²) in [6.07, 6.45) is 0.840. The van der Waals surface area contributed by atoms with Gasteiger partial charge >= 0.3 is 0 Å². The second-order valence-electron chi connectivity index (χ2n) is 12.0. The Kier molecular flexibility index (Phi) is 13.2. The molecular formula is C37H47N5O9. The highest BCUT2D eigenvalue weighted by molar-refractivity contribution is 6.12. The summed E-state index contributed by atoms with van der Waals surface area (Å²) in [6.45, 7) is 9.22. The SMILES string of the molecule is CCN1C(=O)c2ccc(-n3cc(-c4ccc(N5CCOCCOCCOCCOCCOCC5)c(OCCOC)c4)nn3)c3cccc(c23)C1O. The first-order valence-corrected chi connectivity index (χ1v) is 17.5. The number of carbonyl (C=O) groups excluding carboxylic acids is 1. The number of benzene rings is 3. The van der Waals surface area contributed by atoms with Crippen molar-refractivity contribution in [3.63, 3.8) is 0 Å². The van der Waals surface area contributed by atoms with Gasteiger partial charge in [0.05, 0.1) is 90.2 Å². The van der Waals surface area contributed by atoms with Gasteiger partial charge in [-0.05, 0) is 31.2 Å². The summed E-state index contributed by atoms with van der Waals surface area (Å²) < 4.78 is 41.8. The number of aromatic nitrogens is 3. The van der Waals surface area contributed by atoms with E-state index >= 15 is 0 Å². The van der Waals surface area contributed by atoms with Crippen molar-refractivity contribution in [3.05, 3.63) is 65.9 Å². The van der Waals surface area contributed by atoms with E-state index in [1.807, 2.05) is 55.6 Å². The molecule has 14 heteroatoms. The predicted molar refractivity (Wildman–Crippen MR) is 190 cm³/mol. The number of aliphatic hydroxyl groups excluding tert-OH is 1. The van der Waals surface area contributed by atoms with E-state index in [1.54, 1.807) is 17.9 Å². The van der Waals surface area contributed by atoms with Gasteiger partial charge in [0.25, 0.3) is 5.91 Å². The minimum atomic E-state index is -1.01. The van der Waals surface area contributed by atoms with Crippen molar-refractivity contribution in [2.75, 3.05) is 111 Å². The molecule has 0 aliphatic carbocycles. The van der Waals surface area contributed by atoms with Crippen LogP contribution >= 0.6 is 0 Å². The van der Waals surface area contributed by atoms with Gasteiger partial charge in [-0.3, -0.25) is 4.79 Å². The van der Waals surface area contributed by atoms with Gasteiger partial charge in [-0.1, -0.05) is 29.5 Å². The molecule has 1 amide bonds. The molecule has 51 heavy (non-hydrogen) atoms. The van der Waals surface area contributed by atoms with Crippen molar-refractivity contribution in [2.24, 2.45) is 0 Å². The van der Waals surface area contributed by atoms with Crippen molar-refractivity contribution < 1.29 is 43.1 Å². The van der Waals surface area contributed by atoms with E-state index in [0.29, 0.717) is 121 Å². The summed E-state index contributed by atoms with van der Waals surface area (Å²) in [5, 5.41) is 21.5. The number of methoxy groups -OCH3 is 1. The number of rotatable bonds is 8. The maximum Gasteiger partial charge on any atom is 0.256 e. The van der Waals surface area contributed by atoms with Gasteiger partial charge < -0.3 is 48.1 Å². The first kappa shape index (κ1) is 36.6. The van der Waals surface area contributed by atoms with E-state index in [9.17, 15) is 9.90 Å². The molecule has 2 aliphatic heterocycles. The highest BCUT2D eigenvalue weighted by Crippen LogP contribution is 2.38. The lowest BCUT2D eigenvalue weighted by Crippen LogP contribution is -2.38. The molecule has 0 radical (unpaired) electrons. The first-order chi connectivity index (χ1) is 25.1. The number of ether oxygens (including phenoxy) is 7. The number of nitrogens with zero attached hydrogens (tertiary/aromatic N) is 5. The van der Waals surface area contributed by atoms with Crippen LogP contribution in [0.1, 0.15) is 29.1 Å². The fraction of sp³-hybridized carbons (Fsp3) is 0.486. The van der Waals surface area contributed by atoms with Gasteiger partial charge in [0.2, 0.25) is 0 Å². The number of carbonyl (C=O) groups is 1. The van der Waals surface area contributed by atoms with Crippen molar-refractivity contribution >= 4 is 22.4 Å². The minimum absolute atomic E-state index is 0.197. The van der Waals surface area contributed by atoms with Gasteiger partial charge in [0.15, 0.2) is 6.23 Å². The molecule has 4 aromatic rings. The minimum Gasteiger partial charge on any atom is -0.489 e. The van der Waals surface area contributed by atoms with Crippen molar-refractivity contribution in [1.82, 2.24) is 19.9 Å². The Morgan fingerprint density at radius 1 is 0.824 bits per heavy atom. The van der Waals surface area contributed by atoms with Crippen LogP contribution in [0.15, 0.2) is 54.7 Å². The van der Waals surface area contributed by atoms with Crippen molar-refractivity contribution in [1.29, 1.82) is 0 Å². The van der Waals surface area contributed by atoms with Gasteiger partial charge in [-0.25, -0.2) is 4.68 Å². The molecule has 6 rings (SSSR count). The molecule has 1 saturated heterocycles. The van der Waals surface area contributed by atoms with Gasteiger partial charge in [-0.2, -0.15) is 0 Å². The molecular weight excluding hydrogens is 658 g/mol. The first-order valence-electron chi connectivity index (χ1n) is 17.5. The van der Waals surface area contributed by atoms with Crippen molar-refractivity contribution in [3.8, 4) is 22.7 Å². The van der Waals surface area contributed by atoms with Crippen LogP contribution in [0.4, 0.5) is 5.69 Å². The Labute approximate surface area is 297 Å². The third kappa shape index (κ3) is 8.84. The van der Waals surface area contributed by atoms with E-state index in [2.05, 4.69) is 15.2 Å². The Balaban J connectivity index is 1.25. The number of anilines is 1. The third-order valence-electron chi connectivity index (χ3n) is 8.84. The molecule has 1 fully saturated rings. The Bertz CT molecular complexity index is 1720. The fourth-order valence-corrected chi connectivity index (χ4v) is 6.25. The van der Waals surface area contributed by atoms with E-state index in [-0.39, 0.29) is 5.91 Å². The van der Waals surface area contributed by atoms with Crippen LogP contribution in [0.5, 0.6) is 5.75 Å². The van der Waals surface area contributed by atoms with Crippen LogP contribution in [0.2, 0.25) is 0 Å². The summed E-state index contributed by atoms with van der Waals surface area (Å²) in [4.78, 5) is 16.8. The standard InChI is InChI=1S/C37H47N5O9/c1-3-41-36(43)29-6-4-5-28-32(10-8-30(35(28)29)37(41)44)42-26-31(38-39-42)27-7-9-33(34(25-27)51-24-15-45-2)40-11-13-46-16-18-48-20-22-50-23-21-49-19-17-47-14-12-40/h4-10,25-26,36,43H,3,11-24H2,1-2H3. The summed E-state index contributed by atoms with van der Waals surface area (Å²) in [5.74, 6) is 0.472. The summed E-state index contributed by atoms with van der Waals surface area (Å²) in [5.41, 5.74) is 4.35. The molecule has 3 heterocycles. The van der Waals surface area contributed by atoms with Crippen LogP contribution in [-0.4, -0.2) is 137 Å². The van der Waals surface area contributed by atoms with Crippen LogP contribution < -0.4 is 9.64 Å². The number of aliphatic hydroxyl groups is 1. The molecule has 1 aromatic heterocycles. The van der Waals surface area contributed by atoms with Gasteiger partial charge in [0, 0.05) is 54.2 Å². The van der Waals surface area contributed by atoms with Crippen LogP contribution in [0.25, 0.3) is 27.7 Å². The normalized spacial score (nSPS) is 18.8. The molecule has 1 unspecified atom stereocenters. The zero-order valence-corrected chi connectivity index (χ0v) is 29.3. The molecule has 0 saturated carbocycles. The lowest BCUT2D eigenvalue weighted by molar-refractivity contribution is -0.0116. The van der Waals surface area contributed by atoms with Crippen LogP contribution in [-0.2, 0) is 28.4 Å². The largest absolute Gasteiger partial charge is 0.489 e. The maximum atomic E-state index is 13.2. The van der Waals surface area contributed by atoms with E-state index in [0.717, 1.165) is 27.7 Å². The number of hydrogen-bond donors (Lipinski definition) is 1. The zero-order valence-electron chi connectivity index (χ0n) is 29.3. The smallest absolute Gasteiger partial charge is 0.256 e. The zero-order chi connectivity index (χ0) is 35.4. The second kappa shape index (κ2) is 18.4. The Morgan fingerprint density at radius 2 is 1.47 bits per heavy atom. The quantitative estimate of drug-likeness (QED) is 0.269. The topological polar surface area (TPSA) is 139 Å².